The minimum Gasteiger partial charge on any atom is -0.507 e. The Hall–Kier alpha value is -4.30. The zero-order valence-electron chi connectivity index (χ0n) is 22.9. The van der Waals surface area contributed by atoms with E-state index in [0.29, 0.717) is 48.7 Å². The molecule has 0 radical (unpaired) electrons. The predicted octanol–water partition coefficient (Wildman–Crippen LogP) is 5.06. The van der Waals surface area contributed by atoms with Crippen LogP contribution in [0.5, 0.6) is 17.2 Å². The van der Waals surface area contributed by atoms with Crippen LogP contribution in [0.15, 0.2) is 72.3 Å². The van der Waals surface area contributed by atoms with E-state index < -0.39 is 17.7 Å². The van der Waals surface area contributed by atoms with Gasteiger partial charge < -0.3 is 29.0 Å². The number of ether oxygens (including phenoxy) is 4. The zero-order chi connectivity index (χ0) is 28.2. The molecular formula is C32H33NO7. The largest absolute Gasteiger partial charge is 0.507 e. The van der Waals surface area contributed by atoms with E-state index in [-0.39, 0.29) is 24.0 Å². The van der Waals surface area contributed by atoms with E-state index in [1.807, 2.05) is 43.3 Å². The molecule has 8 nitrogen and oxygen atoms in total. The first-order valence-corrected chi connectivity index (χ1v) is 13.3. The summed E-state index contributed by atoms with van der Waals surface area (Å²) in [4.78, 5) is 28.1. The van der Waals surface area contributed by atoms with Crippen molar-refractivity contribution in [1.82, 2.24) is 4.90 Å². The Morgan fingerprint density at radius 3 is 2.58 bits per heavy atom. The van der Waals surface area contributed by atoms with E-state index in [0.717, 1.165) is 16.9 Å². The lowest BCUT2D eigenvalue weighted by atomic mass is 9.94. The molecule has 2 heterocycles. The molecule has 1 saturated heterocycles. The summed E-state index contributed by atoms with van der Waals surface area (Å²) >= 11 is 0. The highest BCUT2D eigenvalue weighted by molar-refractivity contribution is 6.46. The average Bonchev–Trinajstić information content (AvgIpc) is 3.47. The number of carbonyl (C=O) groups excluding carboxylic acids is 2. The molecule has 8 heteroatoms. The molecule has 2 unspecified atom stereocenters. The Kier molecular flexibility index (Phi) is 8.07. The van der Waals surface area contributed by atoms with Crippen LogP contribution in [0.25, 0.3) is 5.76 Å². The molecule has 3 aromatic rings. The van der Waals surface area contributed by atoms with Gasteiger partial charge in [-0.25, -0.2) is 0 Å². The minimum absolute atomic E-state index is 0.0360. The number of likely N-dealkylation sites (tertiary alicyclic amines) is 1. The topological polar surface area (TPSA) is 94.5 Å². The van der Waals surface area contributed by atoms with Crippen LogP contribution in [0, 0.1) is 0 Å². The number of benzene rings is 3. The van der Waals surface area contributed by atoms with Crippen LogP contribution in [-0.2, 0) is 27.4 Å². The fourth-order valence-electron chi connectivity index (χ4n) is 5.27. The summed E-state index contributed by atoms with van der Waals surface area (Å²) in [6, 6.07) is 19.6. The number of nitrogens with zero attached hydrogens (tertiary/aromatic N) is 1. The number of amides is 1. The molecule has 2 aliphatic rings. The van der Waals surface area contributed by atoms with Crippen LogP contribution in [0.1, 0.15) is 41.6 Å². The standard InChI is InChI=1S/C32H33NO7/c1-20-16-24-17-23(11-12-25(24)40-20)30(34)28-29(33(14-7-15-37-2)32(36)31(28)35)22-10-13-26(27(18-22)38-3)39-19-21-8-5-4-6-9-21/h4-6,8-13,17-18,20,29,34H,7,14-16,19H2,1-3H3/b30-28+. The number of rotatable bonds is 10. The lowest BCUT2D eigenvalue weighted by Gasteiger charge is -2.26. The Morgan fingerprint density at radius 2 is 1.82 bits per heavy atom. The maximum atomic E-state index is 13.4. The van der Waals surface area contributed by atoms with Crippen molar-refractivity contribution >= 4 is 17.4 Å². The van der Waals surface area contributed by atoms with Crippen molar-refractivity contribution in [1.29, 1.82) is 0 Å². The number of Topliss-reactive ketones (excluding diaryl/α,β-unsaturated/α-hetero) is 1. The molecule has 1 amide bonds. The van der Waals surface area contributed by atoms with Gasteiger partial charge in [-0.1, -0.05) is 36.4 Å². The zero-order valence-corrected chi connectivity index (χ0v) is 22.9. The van der Waals surface area contributed by atoms with Crippen molar-refractivity contribution in [3.63, 3.8) is 0 Å². The lowest BCUT2D eigenvalue weighted by Crippen LogP contribution is -2.31. The second-order valence-electron chi connectivity index (χ2n) is 9.98. The molecule has 5 rings (SSSR count). The number of aliphatic hydroxyl groups is 1. The summed E-state index contributed by atoms with van der Waals surface area (Å²) in [7, 11) is 3.13. The van der Waals surface area contributed by atoms with Gasteiger partial charge in [0.05, 0.1) is 18.7 Å². The quantitative estimate of drug-likeness (QED) is 0.165. The molecule has 3 aromatic carbocycles. The molecule has 2 atom stereocenters. The average molecular weight is 544 g/mol. The number of ketones is 1. The molecule has 2 aliphatic heterocycles. The van der Waals surface area contributed by atoms with Gasteiger partial charge in [-0.05, 0) is 60.4 Å². The fraction of sp³-hybridized carbons (Fsp3) is 0.312. The van der Waals surface area contributed by atoms with Crippen LogP contribution in [-0.4, -0.2) is 55.2 Å². The van der Waals surface area contributed by atoms with Crippen molar-refractivity contribution < 1.29 is 33.6 Å². The van der Waals surface area contributed by atoms with Gasteiger partial charge in [0, 0.05) is 32.2 Å². The molecule has 208 valence electrons. The van der Waals surface area contributed by atoms with E-state index in [2.05, 4.69) is 0 Å². The summed E-state index contributed by atoms with van der Waals surface area (Å²) in [5.74, 6) is 0.135. The van der Waals surface area contributed by atoms with E-state index in [4.69, 9.17) is 18.9 Å². The second-order valence-corrected chi connectivity index (χ2v) is 9.98. The number of methoxy groups -OCH3 is 2. The number of hydrogen-bond acceptors (Lipinski definition) is 7. The van der Waals surface area contributed by atoms with Crippen molar-refractivity contribution in [2.24, 2.45) is 0 Å². The summed E-state index contributed by atoms with van der Waals surface area (Å²) in [5.41, 5.74) is 3.08. The molecule has 0 bridgehead atoms. The summed E-state index contributed by atoms with van der Waals surface area (Å²) in [5, 5.41) is 11.5. The molecule has 40 heavy (non-hydrogen) atoms. The predicted molar refractivity (Wildman–Crippen MR) is 150 cm³/mol. The van der Waals surface area contributed by atoms with Crippen LogP contribution < -0.4 is 14.2 Å². The molecule has 0 aliphatic carbocycles. The molecule has 0 aromatic heterocycles. The van der Waals surface area contributed by atoms with Gasteiger partial charge in [-0.3, -0.25) is 9.59 Å². The van der Waals surface area contributed by atoms with Gasteiger partial charge in [0.1, 0.15) is 24.2 Å². The first-order chi connectivity index (χ1) is 19.4. The van der Waals surface area contributed by atoms with Crippen molar-refractivity contribution in [2.45, 2.75) is 38.5 Å². The monoisotopic (exact) mass is 543 g/mol. The maximum Gasteiger partial charge on any atom is 0.295 e. The SMILES string of the molecule is COCCCN1C(=O)C(=O)/C(=C(/O)c2ccc3c(c2)CC(C)O3)C1c1ccc(OCc2ccccc2)c(OC)c1. The molecule has 1 N–H and O–H groups in total. The highest BCUT2D eigenvalue weighted by atomic mass is 16.5. The normalized spacial score (nSPS) is 19.4. The van der Waals surface area contributed by atoms with E-state index in [1.165, 1.54) is 12.0 Å². The molecule has 0 spiro atoms. The van der Waals surface area contributed by atoms with Crippen LogP contribution in [0.4, 0.5) is 0 Å². The fourth-order valence-corrected chi connectivity index (χ4v) is 5.27. The van der Waals surface area contributed by atoms with Crippen molar-refractivity contribution in [2.75, 3.05) is 27.4 Å². The smallest absolute Gasteiger partial charge is 0.295 e. The molecular weight excluding hydrogens is 510 g/mol. The molecule has 1 fully saturated rings. The Morgan fingerprint density at radius 1 is 1.02 bits per heavy atom. The number of fused-ring (bicyclic) bond motifs is 1. The third-order valence-corrected chi connectivity index (χ3v) is 7.20. The van der Waals surface area contributed by atoms with Crippen LogP contribution in [0.3, 0.4) is 0 Å². The van der Waals surface area contributed by atoms with Gasteiger partial charge in [0.15, 0.2) is 11.5 Å². The highest BCUT2D eigenvalue weighted by Crippen LogP contribution is 2.43. The Bertz CT molecular complexity index is 1430. The van der Waals surface area contributed by atoms with Crippen LogP contribution >= 0.6 is 0 Å². The Balaban J connectivity index is 1.53. The third-order valence-electron chi connectivity index (χ3n) is 7.20. The second kappa shape index (κ2) is 11.8. The van der Waals surface area contributed by atoms with Gasteiger partial charge in [-0.2, -0.15) is 0 Å². The number of aliphatic hydroxyl groups excluding tert-OH is 1. The van der Waals surface area contributed by atoms with Crippen molar-refractivity contribution in [3.8, 4) is 17.2 Å². The van der Waals surface area contributed by atoms with E-state index in [1.54, 1.807) is 37.4 Å². The third kappa shape index (κ3) is 5.40. The number of hydrogen-bond donors (Lipinski definition) is 1. The van der Waals surface area contributed by atoms with Crippen molar-refractivity contribution in [3.05, 3.63) is 94.6 Å². The minimum atomic E-state index is -0.808. The first-order valence-electron chi connectivity index (χ1n) is 13.3. The lowest BCUT2D eigenvalue weighted by molar-refractivity contribution is -0.140. The van der Waals surface area contributed by atoms with E-state index in [9.17, 15) is 14.7 Å². The highest BCUT2D eigenvalue weighted by Gasteiger charge is 2.46. The van der Waals surface area contributed by atoms with Gasteiger partial charge in [0.2, 0.25) is 0 Å². The number of carbonyl (C=O) groups is 2. The van der Waals surface area contributed by atoms with E-state index >= 15 is 0 Å². The summed E-state index contributed by atoms with van der Waals surface area (Å²) in [6.45, 7) is 3.04. The van der Waals surface area contributed by atoms with Crippen LogP contribution in [0.2, 0.25) is 0 Å². The van der Waals surface area contributed by atoms with Gasteiger partial charge in [0.25, 0.3) is 11.7 Å². The Labute approximate surface area is 233 Å². The summed E-state index contributed by atoms with van der Waals surface area (Å²) < 4.78 is 22.6. The summed E-state index contributed by atoms with van der Waals surface area (Å²) in [6.07, 6.45) is 1.27. The van der Waals surface area contributed by atoms with Gasteiger partial charge >= 0.3 is 0 Å². The van der Waals surface area contributed by atoms with Gasteiger partial charge in [-0.15, -0.1) is 0 Å². The maximum absolute atomic E-state index is 13.4. The molecule has 0 saturated carbocycles. The first kappa shape index (κ1) is 27.3.